The van der Waals surface area contributed by atoms with Crippen molar-refractivity contribution >= 4 is 51.9 Å². The first-order chi connectivity index (χ1) is 17.3. The molecule has 0 unspecified atom stereocenters. The second-order valence-corrected chi connectivity index (χ2v) is 10.00. The second kappa shape index (κ2) is 10.8. The lowest BCUT2D eigenvalue weighted by atomic mass is 9.95. The van der Waals surface area contributed by atoms with Crippen molar-refractivity contribution in [1.29, 1.82) is 0 Å². The van der Waals surface area contributed by atoms with E-state index in [4.69, 9.17) is 14.2 Å². The summed E-state index contributed by atoms with van der Waals surface area (Å²) in [6.07, 6.45) is 2.24. The Kier molecular flexibility index (Phi) is 7.74. The van der Waals surface area contributed by atoms with Gasteiger partial charge in [0.15, 0.2) is 16.3 Å². The SMILES string of the molecule is CCC1=C(C(=O)OC)[C@@H](c2ccccc2)n2c(s/c(=C/c3cc(I)c(OC(C)=O)c(OC)c3)c2=O)=N1. The number of allylic oxidation sites excluding steroid dienone is 1. The molecule has 1 aliphatic rings. The standard InChI is InChI=1S/C26H23IN2O6S/c1-5-18-21(25(32)34-4)22(16-9-7-6-8-10-16)29-24(31)20(36-26(29)28-18)13-15-11-17(27)23(35-14(2)30)19(12-15)33-3/h6-13,22H,5H2,1-4H3/b20-13+/t22-/m1/s1. The van der Waals surface area contributed by atoms with Gasteiger partial charge in [-0.25, -0.2) is 9.79 Å². The fraction of sp³-hybridized carbons (Fsp3) is 0.231. The van der Waals surface area contributed by atoms with Gasteiger partial charge in [-0.3, -0.25) is 14.2 Å². The normalized spacial score (nSPS) is 15.2. The van der Waals surface area contributed by atoms with Crippen molar-refractivity contribution in [2.75, 3.05) is 14.2 Å². The third-order valence-corrected chi connectivity index (χ3v) is 7.35. The number of fused-ring (bicyclic) bond motifs is 1. The summed E-state index contributed by atoms with van der Waals surface area (Å²) in [7, 11) is 2.81. The number of halogens is 1. The van der Waals surface area contributed by atoms with E-state index in [-0.39, 0.29) is 5.56 Å². The average molecular weight is 618 g/mol. The van der Waals surface area contributed by atoms with E-state index in [0.717, 1.165) is 5.56 Å². The number of hydrogen-bond acceptors (Lipinski definition) is 8. The van der Waals surface area contributed by atoms with Crippen LogP contribution in [0.15, 0.2) is 63.5 Å². The largest absolute Gasteiger partial charge is 0.493 e. The Hall–Kier alpha value is -3.25. The van der Waals surface area contributed by atoms with Crippen molar-refractivity contribution in [2.24, 2.45) is 4.99 Å². The van der Waals surface area contributed by atoms with Gasteiger partial charge in [0.25, 0.3) is 5.56 Å². The quantitative estimate of drug-likeness (QED) is 0.239. The molecule has 0 N–H and O–H groups in total. The van der Waals surface area contributed by atoms with Crippen molar-refractivity contribution < 1.29 is 23.8 Å². The predicted molar refractivity (Wildman–Crippen MR) is 144 cm³/mol. The number of methoxy groups -OCH3 is 2. The van der Waals surface area contributed by atoms with Gasteiger partial charge in [0, 0.05) is 6.92 Å². The van der Waals surface area contributed by atoms with Gasteiger partial charge in [-0.15, -0.1) is 0 Å². The van der Waals surface area contributed by atoms with E-state index in [2.05, 4.69) is 27.6 Å². The first-order valence-electron chi connectivity index (χ1n) is 11.0. The van der Waals surface area contributed by atoms with Crippen molar-refractivity contribution in [3.63, 3.8) is 0 Å². The van der Waals surface area contributed by atoms with Gasteiger partial charge in [-0.1, -0.05) is 48.6 Å². The summed E-state index contributed by atoms with van der Waals surface area (Å²) < 4.78 is 18.4. The van der Waals surface area contributed by atoms with Crippen LogP contribution in [0.4, 0.5) is 0 Å². The third-order valence-electron chi connectivity index (χ3n) is 5.56. The molecule has 36 heavy (non-hydrogen) atoms. The number of aromatic nitrogens is 1. The Morgan fingerprint density at radius 3 is 2.53 bits per heavy atom. The second-order valence-electron chi connectivity index (χ2n) is 7.83. The predicted octanol–water partition coefficient (Wildman–Crippen LogP) is 3.34. The van der Waals surface area contributed by atoms with Crippen LogP contribution in [0.2, 0.25) is 0 Å². The van der Waals surface area contributed by atoms with Gasteiger partial charge < -0.3 is 14.2 Å². The number of esters is 2. The molecule has 1 atom stereocenters. The zero-order valence-corrected chi connectivity index (χ0v) is 23.0. The molecule has 2 aromatic carbocycles. The number of ether oxygens (including phenoxy) is 3. The first-order valence-corrected chi connectivity index (χ1v) is 12.9. The van der Waals surface area contributed by atoms with Gasteiger partial charge in [0.2, 0.25) is 0 Å². The summed E-state index contributed by atoms with van der Waals surface area (Å²) in [4.78, 5) is 43.2. The molecule has 186 valence electrons. The summed E-state index contributed by atoms with van der Waals surface area (Å²) in [6.45, 7) is 3.23. The zero-order chi connectivity index (χ0) is 26.0. The van der Waals surface area contributed by atoms with Crippen molar-refractivity contribution in [3.8, 4) is 11.5 Å². The highest BCUT2D eigenvalue weighted by atomic mass is 127. The van der Waals surface area contributed by atoms with Gasteiger partial charge >= 0.3 is 11.9 Å². The van der Waals surface area contributed by atoms with Crippen LogP contribution in [0.3, 0.4) is 0 Å². The van der Waals surface area contributed by atoms with Gasteiger partial charge in [0.1, 0.15) is 0 Å². The van der Waals surface area contributed by atoms with E-state index < -0.39 is 18.0 Å². The molecule has 0 spiro atoms. The minimum Gasteiger partial charge on any atom is -0.493 e. The molecule has 0 bridgehead atoms. The first kappa shape index (κ1) is 25.8. The Labute approximate surface area is 224 Å². The number of benzene rings is 2. The fourth-order valence-corrected chi connectivity index (χ4v) is 5.79. The topological polar surface area (TPSA) is 96.2 Å². The van der Waals surface area contributed by atoms with E-state index in [9.17, 15) is 14.4 Å². The molecule has 0 amide bonds. The highest BCUT2D eigenvalue weighted by Crippen LogP contribution is 2.35. The molecule has 1 aromatic heterocycles. The molecule has 4 rings (SSSR count). The number of rotatable bonds is 6. The van der Waals surface area contributed by atoms with Crippen LogP contribution in [-0.4, -0.2) is 30.7 Å². The lowest BCUT2D eigenvalue weighted by Crippen LogP contribution is -2.40. The van der Waals surface area contributed by atoms with Crippen LogP contribution >= 0.6 is 33.9 Å². The van der Waals surface area contributed by atoms with E-state index in [1.807, 2.05) is 37.3 Å². The molecule has 3 aromatic rings. The maximum absolute atomic E-state index is 13.7. The number of carbonyl (C=O) groups excluding carboxylic acids is 2. The van der Waals surface area contributed by atoms with Crippen LogP contribution in [0.5, 0.6) is 11.5 Å². The van der Waals surface area contributed by atoms with Crippen molar-refractivity contribution in [2.45, 2.75) is 26.3 Å². The van der Waals surface area contributed by atoms with Crippen molar-refractivity contribution in [3.05, 3.63) is 88.1 Å². The highest BCUT2D eigenvalue weighted by molar-refractivity contribution is 14.1. The molecular weight excluding hydrogens is 595 g/mol. The molecule has 8 nitrogen and oxygen atoms in total. The maximum atomic E-state index is 13.7. The number of nitrogens with zero attached hydrogens (tertiary/aromatic N) is 2. The van der Waals surface area contributed by atoms with E-state index in [0.29, 0.717) is 47.7 Å². The zero-order valence-electron chi connectivity index (χ0n) is 20.0. The minimum atomic E-state index is -0.659. The molecular formula is C26H23IN2O6S. The van der Waals surface area contributed by atoms with Crippen LogP contribution in [0, 0.1) is 3.57 Å². The summed E-state index contributed by atoms with van der Waals surface area (Å²) in [5.41, 5.74) is 2.14. The molecule has 0 aliphatic carbocycles. The van der Waals surface area contributed by atoms with Crippen LogP contribution in [0.25, 0.3) is 6.08 Å². The Morgan fingerprint density at radius 2 is 1.92 bits per heavy atom. The molecule has 1 aliphatic heterocycles. The van der Waals surface area contributed by atoms with Gasteiger partial charge in [-0.2, -0.15) is 0 Å². The third kappa shape index (κ3) is 4.87. The number of hydrogen-bond donors (Lipinski definition) is 0. The molecule has 10 heteroatoms. The Bertz CT molecular complexity index is 1560. The minimum absolute atomic E-state index is 0.276. The summed E-state index contributed by atoms with van der Waals surface area (Å²) >= 11 is 3.30. The number of carbonyl (C=O) groups is 2. The summed E-state index contributed by atoms with van der Waals surface area (Å²) in [5.74, 6) is -0.275. The van der Waals surface area contributed by atoms with Gasteiger partial charge in [-0.05, 0) is 58.3 Å². The molecule has 0 radical (unpaired) electrons. The molecule has 0 saturated carbocycles. The lowest BCUT2D eigenvalue weighted by molar-refractivity contribution is -0.136. The molecule has 0 saturated heterocycles. The fourth-order valence-electron chi connectivity index (χ4n) is 4.03. The smallest absolute Gasteiger partial charge is 0.338 e. The van der Waals surface area contributed by atoms with E-state index >= 15 is 0 Å². The monoisotopic (exact) mass is 618 g/mol. The van der Waals surface area contributed by atoms with Crippen LogP contribution in [0.1, 0.15) is 37.4 Å². The molecule has 0 fully saturated rings. The highest BCUT2D eigenvalue weighted by Gasteiger charge is 2.33. The lowest BCUT2D eigenvalue weighted by Gasteiger charge is -2.25. The van der Waals surface area contributed by atoms with Crippen molar-refractivity contribution in [1.82, 2.24) is 4.57 Å². The van der Waals surface area contributed by atoms with Gasteiger partial charge in [0.05, 0.1) is 39.6 Å². The summed E-state index contributed by atoms with van der Waals surface area (Å²) in [5, 5.41) is 0. The average Bonchev–Trinajstić information content (AvgIpc) is 3.18. The van der Waals surface area contributed by atoms with Crippen LogP contribution < -0.4 is 24.4 Å². The Morgan fingerprint density at radius 1 is 1.19 bits per heavy atom. The van der Waals surface area contributed by atoms with E-state index in [1.165, 1.54) is 32.5 Å². The summed E-state index contributed by atoms with van der Waals surface area (Å²) in [6, 6.07) is 12.2. The van der Waals surface area contributed by atoms with E-state index in [1.54, 1.807) is 22.8 Å². The Balaban J connectivity index is 1.94. The molecule has 2 heterocycles. The van der Waals surface area contributed by atoms with Crippen LogP contribution in [-0.2, 0) is 14.3 Å². The number of thiazole rings is 1. The maximum Gasteiger partial charge on any atom is 0.338 e.